The lowest BCUT2D eigenvalue weighted by atomic mass is 10.1. The van der Waals surface area contributed by atoms with E-state index in [1.807, 2.05) is 29.2 Å². The van der Waals surface area contributed by atoms with Gasteiger partial charge in [0.25, 0.3) is 0 Å². The van der Waals surface area contributed by atoms with E-state index < -0.39 is 10.0 Å². The Morgan fingerprint density at radius 3 is 2.64 bits per heavy atom. The monoisotopic (exact) mass is 486 g/mol. The average molecular weight is 487 g/mol. The topological polar surface area (TPSA) is 101 Å². The number of pyridine rings is 1. The SMILES string of the molecule is O=C1CN=CC(N2CC[C@@H](Oc3cc(-c4ccc(NS(=O)(=O)C5CC5)cc4)ccn3)C2)=C1Cl. The number of allylic oxidation sites excluding steroid dienone is 1. The number of Topliss-reactive ketones (excluding diaryl/α,β-unsaturated/α-hetero) is 1. The number of hydrogen-bond donors (Lipinski definition) is 1. The predicted octanol–water partition coefficient (Wildman–Crippen LogP) is 3.21. The van der Waals surface area contributed by atoms with Gasteiger partial charge < -0.3 is 9.64 Å². The van der Waals surface area contributed by atoms with Crippen LogP contribution in [0.4, 0.5) is 5.69 Å². The first-order chi connectivity index (χ1) is 15.9. The fraction of sp³-hybridized carbons (Fsp3) is 0.348. The molecule has 172 valence electrons. The molecule has 2 aromatic rings. The minimum atomic E-state index is -3.28. The number of rotatable bonds is 7. The highest BCUT2D eigenvalue weighted by atomic mass is 35.5. The van der Waals surface area contributed by atoms with E-state index in [2.05, 4.69) is 14.7 Å². The number of anilines is 1. The molecule has 1 aromatic carbocycles. The summed E-state index contributed by atoms with van der Waals surface area (Å²) < 4.78 is 33.0. The second-order valence-corrected chi connectivity index (χ2v) is 10.7. The van der Waals surface area contributed by atoms with Crippen molar-refractivity contribution in [2.24, 2.45) is 4.99 Å². The molecule has 0 amide bonds. The van der Waals surface area contributed by atoms with Crippen LogP contribution in [-0.2, 0) is 14.8 Å². The summed E-state index contributed by atoms with van der Waals surface area (Å²) in [5, 5.41) is -0.0320. The molecule has 0 radical (unpaired) electrons. The summed E-state index contributed by atoms with van der Waals surface area (Å²) in [6.07, 6.45) is 5.48. The smallest absolute Gasteiger partial charge is 0.235 e. The van der Waals surface area contributed by atoms with E-state index in [4.69, 9.17) is 16.3 Å². The van der Waals surface area contributed by atoms with Crippen molar-refractivity contribution in [3.05, 3.63) is 53.3 Å². The maximum Gasteiger partial charge on any atom is 0.235 e. The number of carbonyl (C=O) groups excluding carboxylic acids is 1. The van der Waals surface area contributed by atoms with Gasteiger partial charge in [0.2, 0.25) is 15.9 Å². The molecule has 1 N–H and O–H groups in total. The van der Waals surface area contributed by atoms with Gasteiger partial charge in [-0.3, -0.25) is 14.5 Å². The Kier molecular flexibility index (Phi) is 5.84. The van der Waals surface area contributed by atoms with Crippen LogP contribution < -0.4 is 9.46 Å². The molecule has 1 saturated heterocycles. The molecule has 0 unspecified atom stereocenters. The Balaban J connectivity index is 1.24. The molecule has 0 bridgehead atoms. The van der Waals surface area contributed by atoms with Crippen LogP contribution in [0.1, 0.15) is 19.3 Å². The van der Waals surface area contributed by atoms with Crippen molar-refractivity contribution in [3.63, 3.8) is 0 Å². The molecule has 1 saturated carbocycles. The molecule has 1 atom stereocenters. The quantitative estimate of drug-likeness (QED) is 0.645. The molecule has 3 heterocycles. The van der Waals surface area contributed by atoms with Gasteiger partial charge >= 0.3 is 0 Å². The minimum absolute atomic E-state index is 0.0886. The third-order valence-electron chi connectivity index (χ3n) is 5.87. The van der Waals surface area contributed by atoms with E-state index in [0.717, 1.165) is 30.4 Å². The van der Waals surface area contributed by atoms with Gasteiger partial charge in [0, 0.05) is 37.1 Å². The summed E-state index contributed by atoms with van der Waals surface area (Å²) in [7, 11) is -3.28. The second kappa shape index (κ2) is 8.79. The summed E-state index contributed by atoms with van der Waals surface area (Å²) in [6.45, 7) is 1.40. The molecule has 2 fully saturated rings. The van der Waals surface area contributed by atoms with Crippen LogP contribution >= 0.6 is 11.6 Å². The molecule has 1 aromatic heterocycles. The van der Waals surface area contributed by atoms with Crippen molar-refractivity contribution >= 4 is 39.3 Å². The highest BCUT2D eigenvalue weighted by molar-refractivity contribution is 7.93. The number of ether oxygens (including phenoxy) is 1. The van der Waals surface area contributed by atoms with Gasteiger partial charge in [-0.2, -0.15) is 0 Å². The summed E-state index contributed by atoms with van der Waals surface area (Å²) in [6, 6.07) is 11.0. The number of sulfonamides is 1. The molecule has 1 aliphatic carbocycles. The van der Waals surface area contributed by atoms with Gasteiger partial charge in [-0.05, 0) is 42.2 Å². The first-order valence-electron chi connectivity index (χ1n) is 10.8. The normalized spacial score (nSPS) is 20.9. The molecule has 33 heavy (non-hydrogen) atoms. The zero-order chi connectivity index (χ0) is 23.0. The average Bonchev–Trinajstić information content (AvgIpc) is 3.57. The Hall–Kier alpha value is -2.91. The van der Waals surface area contributed by atoms with Crippen LogP contribution in [0, 0.1) is 0 Å². The van der Waals surface area contributed by atoms with Crippen LogP contribution in [0.2, 0.25) is 0 Å². The van der Waals surface area contributed by atoms with Crippen molar-refractivity contribution in [3.8, 4) is 17.0 Å². The second-order valence-electron chi connectivity index (χ2n) is 8.37. The van der Waals surface area contributed by atoms with Crippen molar-refractivity contribution in [2.75, 3.05) is 24.4 Å². The molecule has 10 heteroatoms. The first-order valence-corrected chi connectivity index (χ1v) is 12.7. The summed E-state index contributed by atoms with van der Waals surface area (Å²) in [4.78, 5) is 22.2. The zero-order valence-corrected chi connectivity index (χ0v) is 19.3. The van der Waals surface area contributed by atoms with E-state index in [-0.39, 0.29) is 28.7 Å². The maximum atomic E-state index is 12.1. The van der Waals surface area contributed by atoms with Gasteiger partial charge in [-0.1, -0.05) is 23.7 Å². The number of ketones is 1. The number of carbonyl (C=O) groups is 1. The van der Waals surface area contributed by atoms with E-state index in [1.54, 1.807) is 24.5 Å². The van der Waals surface area contributed by atoms with E-state index in [0.29, 0.717) is 30.4 Å². The molecule has 5 rings (SSSR count). The number of benzene rings is 1. The number of likely N-dealkylation sites (tertiary alicyclic amines) is 1. The van der Waals surface area contributed by atoms with E-state index >= 15 is 0 Å². The predicted molar refractivity (Wildman–Crippen MR) is 127 cm³/mol. The maximum absolute atomic E-state index is 12.1. The van der Waals surface area contributed by atoms with Gasteiger partial charge in [-0.25, -0.2) is 13.4 Å². The van der Waals surface area contributed by atoms with Gasteiger partial charge in [0.05, 0.1) is 17.5 Å². The third-order valence-corrected chi connectivity index (χ3v) is 8.14. The molecule has 8 nitrogen and oxygen atoms in total. The summed E-state index contributed by atoms with van der Waals surface area (Å²) in [5.74, 6) is 0.339. The lowest BCUT2D eigenvalue weighted by Gasteiger charge is -2.22. The molecule has 0 spiro atoms. The number of halogens is 1. The first kappa shape index (κ1) is 21.9. The lowest BCUT2D eigenvalue weighted by Crippen LogP contribution is -2.28. The number of hydrogen-bond acceptors (Lipinski definition) is 7. The number of nitrogens with one attached hydrogen (secondary N) is 1. The molecule has 3 aliphatic rings. The largest absolute Gasteiger partial charge is 0.472 e. The van der Waals surface area contributed by atoms with Gasteiger partial charge in [0.1, 0.15) is 17.7 Å². The van der Waals surface area contributed by atoms with Crippen molar-refractivity contribution < 1.29 is 17.9 Å². The highest BCUT2D eigenvalue weighted by Gasteiger charge is 2.35. The van der Waals surface area contributed by atoms with Crippen LogP contribution in [0.5, 0.6) is 5.88 Å². The molecule has 2 aliphatic heterocycles. The van der Waals surface area contributed by atoms with Gasteiger partial charge in [-0.15, -0.1) is 0 Å². The Bertz CT molecular complexity index is 1240. The molecular weight excluding hydrogens is 464 g/mol. The number of dihydropyridines is 1. The Labute approximate surface area is 197 Å². The number of aliphatic imine (C=N–C) groups is 1. The van der Waals surface area contributed by atoms with E-state index in [9.17, 15) is 13.2 Å². The Morgan fingerprint density at radius 2 is 1.88 bits per heavy atom. The summed E-state index contributed by atoms with van der Waals surface area (Å²) in [5.41, 5.74) is 3.05. The van der Waals surface area contributed by atoms with Crippen LogP contribution in [0.15, 0.2) is 58.3 Å². The van der Waals surface area contributed by atoms with Crippen LogP contribution in [0.3, 0.4) is 0 Å². The molecular formula is C23H23ClN4O4S. The van der Waals surface area contributed by atoms with Crippen molar-refractivity contribution in [1.29, 1.82) is 0 Å². The fourth-order valence-corrected chi connectivity index (χ4v) is 5.54. The Morgan fingerprint density at radius 1 is 1.09 bits per heavy atom. The van der Waals surface area contributed by atoms with Crippen LogP contribution in [-0.4, -0.2) is 61.3 Å². The lowest BCUT2D eigenvalue weighted by molar-refractivity contribution is -0.113. The van der Waals surface area contributed by atoms with E-state index in [1.165, 1.54) is 0 Å². The van der Waals surface area contributed by atoms with Crippen molar-refractivity contribution in [1.82, 2.24) is 9.88 Å². The fourth-order valence-electron chi connectivity index (χ4n) is 3.93. The number of nitrogens with zero attached hydrogens (tertiary/aromatic N) is 3. The third kappa shape index (κ3) is 4.89. The highest BCUT2D eigenvalue weighted by Crippen LogP contribution is 2.31. The van der Waals surface area contributed by atoms with Gasteiger partial charge in [0.15, 0.2) is 5.78 Å². The number of aromatic nitrogens is 1. The minimum Gasteiger partial charge on any atom is -0.472 e. The van der Waals surface area contributed by atoms with Crippen molar-refractivity contribution in [2.45, 2.75) is 30.6 Å². The van der Waals surface area contributed by atoms with Crippen LogP contribution in [0.25, 0.3) is 11.1 Å². The summed E-state index contributed by atoms with van der Waals surface area (Å²) >= 11 is 6.18. The standard InChI is InChI=1S/C23H23ClN4O4S/c24-23-20(12-25-13-21(23)29)28-10-8-18(14-28)32-22-11-16(7-9-26-22)15-1-3-17(4-2-15)27-33(30,31)19-5-6-19/h1-4,7,9,11-12,18-19,27H,5-6,8,10,13-14H2/t18-/m1/s1. The zero-order valence-electron chi connectivity index (χ0n) is 17.8.